The summed E-state index contributed by atoms with van der Waals surface area (Å²) in [6.07, 6.45) is 7.94. The number of nitrogens with zero attached hydrogens (tertiary/aromatic N) is 2. The van der Waals surface area contributed by atoms with Crippen LogP contribution in [0.4, 0.5) is 0 Å². The number of hydrogen-bond acceptors (Lipinski definition) is 3. The summed E-state index contributed by atoms with van der Waals surface area (Å²) < 4.78 is 14.3. The highest BCUT2D eigenvalue weighted by molar-refractivity contribution is 6.62. The summed E-state index contributed by atoms with van der Waals surface area (Å²) >= 11 is 0. The summed E-state index contributed by atoms with van der Waals surface area (Å²) in [4.78, 5) is 0. The molecule has 1 aromatic heterocycles. The monoisotopic (exact) mass is 260 g/mol. The van der Waals surface area contributed by atoms with Crippen molar-refractivity contribution >= 4 is 12.6 Å². The molecular weight excluding hydrogens is 239 g/mol. The van der Waals surface area contributed by atoms with Gasteiger partial charge < -0.3 is 9.31 Å². The van der Waals surface area contributed by atoms with Crippen molar-refractivity contribution in [2.75, 3.05) is 0 Å². The SMILES string of the molecule is CC1(C)OB(c2cnn(C34CC(C3)C4)c2)OC1(C)C. The zero-order chi connectivity index (χ0) is 13.5. The minimum atomic E-state index is -0.286. The van der Waals surface area contributed by atoms with E-state index in [2.05, 4.69) is 43.7 Å². The van der Waals surface area contributed by atoms with E-state index >= 15 is 0 Å². The van der Waals surface area contributed by atoms with Crippen molar-refractivity contribution in [2.45, 2.75) is 63.7 Å². The molecule has 0 atom stereocenters. The first kappa shape index (κ1) is 12.0. The maximum atomic E-state index is 6.07. The molecule has 0 unspecified atom stereocenters. The zero-order valence-electron chi connectivity index (χ0n) is 12.1. The van der Waals surface area contributed by atoms with Gasteiger partial charge in [0.05, 0.1) is 16.7 Å². The van der Waals surface area contributed by atoms with E-state index in [1.807, 2.05) is 6.20 Å². The molecule has 2 heterocycles. The summed E-state index contributed by atoms with van der Waals surface area (Å²) in [7, 11) is -0.286. The van der Waals surface area contributed by atoms with Crippen molar-refractivity contribution in [1.29, 1.82) is 0 Å². The molecule has 4 aliphatic rings. The first-order valence-corrected chi connectivity index (χ1v) is 7.22. The van der Waals surface area contributed by atoms with Crippen LogP contribution in [0.2, 0.25) is 0 Å². The van der Waals surface area contributed by atoms with E-state index in [0.717, 1.165) is 11.4 Å². The Hall–Kier alpha value is -0.805. The van der Waals surface area contributed by atoms with Gasteiger partial charge in [-0.3, -0.25) is 4.68 Å². The van der Waals surface area contributed by atoms with E-state index in [1.54, 1.807) is 0 Å². The van der Waals surface area contributed by atoms with Crippen molar-refractivity contribution < 1.29 is 9.31 Å². The minimum Gasteiger partial charge on any atom is -0.399 e. The fraction of sp³-hybridized carbons (Fsp3) is 0.786. The third-order valence-corrected chi connectivity index (χ3v) is 5.62. The fourth-order valence-corrected chi connectivity index (χ4v) is 3.41. The van der Waals surface area contributed by atoms with Crippen LogP contribution < -0.4 is 5.46 Å². The highest BCUT2D eigenvalue weighted by Gasteiger charge is 2.59. The topological polar surface area (TPSA) is 36.3 Å². The lowest BCUT2D eigenvalue weighted by Crippen LogP contribution is -2.59. The second-order valence-corrected chi connectivity index (χ2v) is 7.51. The average molecular weight is 260 g/mol. The van der Waals surface area contributed by atoms with Gasteiger partial charge in [0.2, 0.25) is 0 Å². The summed E-state index contributed by atoms with van der Waals surface area (Å²) in [6.45, 7) is 8.33. The van der Waals surface area contributed by atoms with Crippen molar-refractivity contribution in [1.82, 2.24) is 9.78 Å². The van der Waals surface area contributed by atoms with Crippen molar-refractivity contribution in [3.63, 3.8) is 0 Å². The molecule has 4 nitrogen and oxygen atoms in total. The summed E-state index contributed by atoms with van der Waals surface area (Å²) in [5, 5.41) is 4.54. The summed E-state index contributed by atoms with van der Waals surface area (Å²) in [5.74, 6) is 0.962. The Morgan fingerprint density at radius 2 is 1.74 bits per heavy atom. The molecule has 0 radical (unpaired) electrons. The van der Waals surface area contributed by atoms with Crippen LogP contribution >= 0.6 is 0 Å². The van der Waals surface area contributed by atoms with Crippen molar-refractivity contribution in [2.24, 2.45) is 5.92 Å². The number of aromatic nitrogens is 2. The Bertz CT molecular complexity index is 504. The molecule has 102 valence electrons. The third-order valence-electron chi connectivity index (χ3n) is 5.62. The maximum absolute atomic E-state index is 6.07. The predicted molar refractivity (Wildman–Crippen MR) is 73.3 cm³/mol. The van der Waals surface area contributed by atoms with Crippen LogP contribution in [-0.2, 0) is 14.8 Å². The number of rotatable bonds is 2. The molecular formula is C14H21BN2O2. The van der Waals surface area contributed by atoms with Gasteiger partial charge in [0.25, 0.3) is 0 Å². The molecule has 5 heteroatoms. The van der Waals surface area contributed by atoms with E-state index in [0.29, 0.717) is 5.54 Å². The van der Waals surface area contributed by atoms with Gasteiger partial charge in [-0.1, -0.05) is 0 Å². The quantitative estimate of drug-likeness (QED) is 0.759. The van der Waals surface area contributed by atoms with Gasteiger partial charge in [0, 0.05) is 17.9 Å². The average Bonchev–Trinajstić information content (AvgIpc) is 2.66. The Morgan fingerprint density at radius 1 is 1.16 bits per heavy atom. The highest BCUT2D eigenvalue weighted by Crippen LogP contribution is 2.61. The van der Waals surface area contributed by atoms with E-state index in [9.17, 15) is 0 Å². The maximum Gasteiger partial charge on any atom is 0.498 e. The zero-order valence-corrected chi connectivity index (χ0v) is 12.1. The lowest BCUT2D eigenvalue weighted by molar-refractivity contribution is -0.0977. The first-order valence-electron chi connectivity index (χ1n) is 7.22. The van der Waals surface area contributed by atoms with Crippen LogP contribution in [-0.4, -0.2) is 28.1 Å². The van der Waals surface area contributed by atoms with Crippen LogP contribution in [0.1, 0.15) is 47.0 Å². The molecule has 1 aromatic rings. The van der Waals surface area contributed by atoms with Crippen LogP contribution in [0.3, 0.4) is 0 Å². The lowest BCUT2D eigenvalue weighted by Gasteiger charge is -2.61. The molecule has 0 amide bonds. The minimum absolute atomic E-state index is 0.282. The molecule has 1 aliphatic heterocycles. The van der Waals surface area contributed by atoms with Crippen LogP contribution in [0, 0.1) is 5.92 Å². The Morgan fingerprint density at radius 3 is 2.21 bits per heavy atom. The van der Waals surface area contributed by atoms with Gasteiger partial charge in [0.1, 0.15) is 0 Å². The first-order chi connectivity index (χ1) is 8.81. The molecule has 0 spiro atoms. The fourth-order valence-electron chi connectivity index (χ4n) is 3.41. The summed E-state index contributed by atoms with van der Waals surface area (Å²) in [5.41, 5.74) is 0.821. The van der Waals surface area contributed by atoms with Crippen LogP contribution in [0.25, 0.3) is 0 Å². The third kappa shape index (κ3) is 1.46. The lowest BCUT2D eigenvalue weighted by atomic mass is 9.50. The smallest absolute Gasteiger partial charge is 0.399 e. The largest absolute Gasteiger partial charge is 0.498 e. The van der Waals surface area contributed by atoms with Gasteiger partial charge in [-0.15, -0.1) is 0 Å². The van der Waals surface area contributed by atoms with Crippen molar-refractivity contribution in [3.05, 3.63) is 12.4 Å². The second kappa shape index (κ2) is 3.26. The van der Waals surface area contributed by atoms with Crippen LogP contribution in [0.15, 0.2) is 12.4 Å². The van der Waals surface area contributed by atoms with Crippen LogP contribution in [0.5, 0.6) is 0 Å². The molecule has 0 aromatic carbocycles. The standard InChI is InChI=1S/C14H21BN2O2/c1-12(2)13(3,4)19-15(18-12)11-8-16-17(9-11)14-5-10(6-14)7-14/h8-10H,5-7H2,1-4H3. The van der Waals surface area contributed by atoms with E-state index in [-0.39, 0.29) is 18.3 Å². The van der Waals surface area contributed by atoms with Gasteiger partial charge in [0.15, 0.2) is 0 Å². The molecule has 5 rings (SSSR count). The Kier molecular flexibility index (Phi) is 2.05. The number of hydrogen-bond donors (Lipinski definition) is 0. The van der Waals surface area contributed by atoms with Crippen molar-refractivity contribution in [3.8, 4) is 0 Å². The van der Waals surface area contributed by atoms with E-state index in [4.69, 9.17) is 9.31 Å². The molecule has 4 fully saturated rings. The molecule has 19 heavy (non-hydrogen) atoms. The molecule has 1 saturated heterocycles. The second-order valence-electron chi connectivity index (χ2n) is 7.51. The normalized spacial score (nSPS) is 37.9. The molecule has 3 saturated carbocycles. The highest BCUT2D eigenvalue weighted by atomic mass is 16.7. The van der Waals surface area contributed by atoms with Gasteiger partial charge in [-0.05, 0) is 52.9 Å². The van der Waals surface area contributed by atoms with Gasteiger partial charge in [-0.25, -0.2) is 0 Å². The molecule has 3 aliphatic carbocycles. The van der Waals surface area contributed by atoms with Gasteiger partial charge in [-0.2, -0.15) is 5.10 Å². The van der Waals surface area contributed by atoms with Gasteiger partial charge >= 0.3 is 7.12 Å². The Balaban J connectivity index is 1.57. The van der Waals surface area contributed by atoms with E-state index < -0.39 is 0 Å². The molecule has 0 N–H and O–H groups in total. The van der Waals surface area contributed by atoms with E-state index in [1.165, 1.54) is 19.3 Å². The molecule has 2 bridgehead atoms. The predicted octanol–water partition coefficient (Wildman–Crippen LogP) is 1.69. The summed E-state index contributed by atoms with van der Waals surface area (Å²) in [6, 6.07) is 0. The Labute approximate surface area is 114 Å².